The van der Waals surface area contributed by atoms with Gasteiger partial charge in [-0.3, -0.25) is 9.59 Å². The first kappa shape index (κ1) is 30.6. The van der Waals surface area contributed by atoms with E-state index in [1.165, 1.54) is 4.31 Å². The average Bonchev–Trinajstić information content (AvgIpc) is 2.86. The van der Waals surface area contributed by atoms with Crippen LogP contribution >= 0.6 is 0 Å². The lowest BCUT2D eigenvalue weighted by molar-refractivity contribution is -0.142. The standard InChI is InChI=1S/C26H42N4O6S/c1-6-36-25(32)16-27-26(33)28-14-12-23(13-15-28)30(18-22-10-8-21(5)9-11-22)24(31)19-29(17-20(3)4)37(34,35)7-2/h8-11,20,23H,6-7,12-19H2,1-5H3,(H,27,33). The highest BCUT2D eigenvalue weighted by molar-refractivity contribution is 7.89. The first-order valence-corrected chi connectivity index (χ1v) is 14.6. The summed E-state index contributed by atoms with van der Waals surface area (Å²) in [6, 6.07) is 7.43. The first-order valence-electron chi connectivity index (χ1n) is 13.0. The molecule has 1 aromatic rings. The molecular weight excluding hydrogens is 496 g/mol. The van der Waals surface area contributed by atoms with Gasteiger partial charge in [-0.05, 0) is 45.1 Å². The average molecular weight is 539 g/mol. The lowest BCUT2D eigenvalue weighted by Gasteiger charge is -2.39. The van der Waals surface area contributed by atoms with E-state index in [0.717, 1.165) is 11.1 Å². The van der Waals surface area contributed by atoms with E-state index in [9.17, 15) is 22.8 Å². The Balaban J connectivity index is 2.14. The van der Waals surface area contributed by atoms with Crippen LogP contribution in [0.2, 0.25) is 0 Å². The molecule has 1 aromatic carbocycles. The summed E-state index contributed by atoms with van der Waals surface area (Å²) in [7, 11) is -3.54. The van der Waals surface area contributed by atoms with Gasteiger partial charge in [0.05, 0.1) is 18.9 Å². The summed E-state index contributed by atoms with van der Waals surface area (Å²) in [5.74, 6) is -0.724. The van der Waals surface area contributed by atoms with Gasteiger partial charge in [0.2, 0.25) is 15.9 Å². The van der Waals surface area contributed by atoms with Crippen LogP contribution in [-0.4, -0.2) is 91.6 Å². The fourth-order valence-electron chi connectivity index (χ4n) is 4.27. The van der Waals surface area contributed by atoms with Gasteiger partial charge in [-0.15, -0.1) is 0 Å². The van der Waals surface area contributed by atoms with Gasteiger partial charge in [-0.1, -0.05) is 43.7 Å². The Bertz CT molecular complexity index is 1000. The largest absolute Gasteiger partial charge is 0.465 e. The van der Waals surface area contributed by atoms with Crippen LogP contribution < -0.4 is 5.32 Å². The fourth-order valence-corrected chi connectivity index (χ4v) is 5.47. The van der Waals surface area contributed by atoms with E-state index in [1.807, 2.05) is 45.0 Å². The highest BCUT2D eigenvalue weighted by Gasteiger charge is 2.32. The molecule has 11 heteroatoms. The fraction of sp³-hybridized carbons (Fsp3) is 0.654. The molecule has 0 aromatic heterocycles. The van der Waals surface area contributed by atoms with Crippen LogP contribution in [-0.2, 0) is 30.9 Å². The van der Waals surface area contributed by atoms with Crippen LogP contribution in [0, 0.1) is 12.8 Å². The van der Waals surface area contributed by atoms with E-state index in [2.05, 4.69) is 5.32 Å². The van der Waals surface area contributed by atoms with Crippen molar-refractivity contribution in [2.24, 2.45) is 5.92 Å². The number of carbonyl (C=O) groups is 3. The molecule has 0 atom stereocenters. The van der Waals surface area contributed by atoms with Crippen molar-refractivity contribution in [2.75, 3.05) is 45.1 Å². The van der Waals surface area contributed by atoms with Crippen molar-refractivity contribution in [3.05, 3.63) is 35.4 Å². The molecule has 208 valence electrons. The Morgan fingerprint density at radius 2 is 1.73 bits per heavy atom. The van der Waals surface area contributed by atoms with E-state index in [0.29, 0.717) is 32.5 Å². The number of benzene rings is 1. The SMILES string of the molecule is CCOC(=O)CNC(=O)N1CCC(N(Cc2ccc(C)cc2)C(=O)CN(CC(C)C)S(=O)(=O)CC)CC1. The summed E-state index contributed by atoms with van der Waals surface area (Å²) < 4.78 is 31.5. The summed E-state index contributed by atoms with van der Waals surface area (Å²) in [5.41, 5.74) is 2.07. The maximum absolute atomic E-state index is 13.6. The second-order valence-corrected chi connectivity index (χ2v) is 12.0. The zero-order valence-electron chi connectivity index (χ0n) is 22.7. The number of esters is 1. The number of nitrogens with one attached hydrogen (secondary N) is 1. The second-order valence-electron chi connectivity index (χ2n) is 9.78. The third-order valence-corrected chi connectivity index (χ3v) is 8.11. The Morgan fingerprint density at radius 1 is 1.11 bits per heavy atom. The minimum atomic E-state index is -3.54. The maximum atomic E-state index is 13.6. The predicted octanol–water partition coefficient (Wildman–Crippen LogP) is 2.37. The third-order valence-electron chi connectivity index (χ3n) is 6.31. The van der Waals surface area contributed by atoms with Crippen molar-refractivity contribution in [1.82, 2.24) is 19.4 Å². The van der Waals surface area contributed by atoms with E-state index >= 15 is 0 Å². The molecule has 1 aliphatic heterocycles. The zero-order chi connectivity index (χ0) is 27.6. The molecular formula is C26H42N4O6S. The summed E-state index contributed by atoms with van der Waals surface area (Å²) >= 11 is 0. The normalized spacial score (nSPS) is 14.6. The molecule has 1 aliphatic rings. The molecule has 1 N–H and O–H groups in total. The number of urea groups is 1. The molecule has 1 saturated heterocycles. The van der Waals surface area contributed by atoms with E-state index in [4.69, 9.17) is 4.74 Å². The van der Waals surface area contributed by atoms with Gasteiger partial charge < -0.3 is 19.9 Å². The number of aryl methyl sites for hydroxylation is 1. The number of carbonyl (C=O) groups excluding carboxylic acids is 3. The Hall–Kier alpha value is -2.66. The van der Waals surface area contributed by atoms with Gasteiger partial charge in [0.25, 0.3) is 0 Å². The van der Waals surface area contributed by atoms with Crippen LogP contribution in [0.25, 0.3) is 0 Å². The van der Waals surface area contributed by atoms with Crippen LogP contribution in [0.5, 0.6) is 0 Å². The Kier molecular flexibility index (Phi) is 11.8. The summed E-state index contributed by atoms with van der Waals surface area (Å²) in [4.78, 5) is 41.0. The van der Waals surface area contributed by atoms with E-state index in [1.54, 1.807) is 23.6 Å². The maximum Gasteiger partial charge on any atom is 0.325 e. The number of ether oxygens (including phenoxy) is 1. The van der Waals surface area contributed by atoms with Crippen LogP contribution in [0.1, 0.15) is 51.7 Å². The van der Waals surface area contributed by atoms with Gasteiger partial charge in [-0.2, -0.15) is 4.31 Å². The molecule has 10 nitrogen and oxygen atoms in total. The smallest absolute Gasteiger partial charge is 0.325 e. The van der Waals surface area contributed by atoms with Gasteiger partial charge in [-0.25, -0.2) is 13.2 Å². The van der Waals surface area contributed by atoms with Gasteiger partial charge in [0.15, 0.2) is 0 Å². The molecule has 0 radical (unpaired) electrons. The zero-order valence-corrected chi connectivity index (χ0v) is 23.6. The predicted molar refractivity (Wildman–Crippen MR) is 142 cm³/mol. The van der Waals surface area contributed by atoms with E-state index < -0.39 is 16.0 Å². The van der Waals surface area contributed by atoms with Crippen molar-refractivity contribution in [2.45, 2.75) is 60.0 Å². The number of sulfonamides is 1. The second kappa shape index (κ2) is 14.3. The number of amides is 3. The molecule has 1 heterocycles. The minimum absolute atomic E-state index is 0.0652. The number of likely N-dealkylation sites (tertiary alicyclic amines) is 1. The van der Waals surface area contributed by atoms with Crippen molar-refractivity contribution in [3.63, 3.8) is 0 Å². The lowest BCUT2D eigenvalue weighted by atomic mass is 10.0. The summed E-state index contributed by atoms with van der Waals surface area (Å²) in [5, 5.41) is 2.57. The molecule has 1 fully saturated rings. The number of hydrogen-bond donors (Lipinski definition) is 1. The van der Waals surface area contributed by atoms with Gasteiger partial charge in [0, 0.05) is 32.2 Å². The molecule has 3 amide bonds. The molecule has 0 saturated carbocycles. The Labute approximate surface area is 221 Å². The number of rotatable bonds is 12. The van der Waals surface area contributed by atoms with Crippen molar-refractivity contribution in [1.29, 1.82) is 0 Å². The summed E-state index contributed by atoms with van der Waals surface area (Å²) in [6.45, 7) is 10.5. The van der Waals surface area contributed by atoms with Crippen LogP contribution in [0.4, 0.5) is 4.79 Å². The molecule has 37 heavy (non-hydrogen) atoms. The highest BCUT2D eigenvalue weighted by Crippen LogP contribution is 2.21. The molecule has 0 aliphatic carbocycles. The van der Waals surface area contributed by atoms with Crippen LogP contribution in [0.3, 0.4) is 0 Å². The van der Waals surface area contributed by atoms with E-state index in [-0.39, 0.29) is 55.9 Å². The third kappa shape index (κ3) is 9.62. The lowest BCUT2D eigenvalue weighted by Crippen LogP contribution is -2.53. The molecule has 0 unspecified atom stereocenters. The van der Waals surface area contributed by atoms with Crippen molar-refractivity contribution < 1.29 is 27.5 Å². The molecule has 0 spiro atoms. The number of piperidine rings is 1. The Morgan fingerprint density at radius 3 is 2.27 bits per heavy atom. The minimum Gasteiger partial charge on any atom is -0.465 e. The van der Waals surface area contributed by atoms with Gasteiger partial charge >= 0.3 is 12.0 Å². The van der Waals surface area contributed by atoms with Crippen molar-refractivity contribution in [3.8, 4) is 0 Å². The van der Waals surface area contributed by atoms with Crippen LogP contribution in [0.15, 0.2) is 24.3 Å². The molecule has 2 rings (SSSR count). The van der Waals surface area contributed by atoms with Crippen molar-refractivity contribution >= 4 is 27.9 Å². The summed E-state index contributed by atoms with van der Waals surface area (Å²) in [6.07, 6.45) is 1.10. The molecule has 0 bridgehead atoms. The monoisotopic (exact) mass is 538 g/mol. The highest BCUT2D eigenvalue weighted by atomic mass is 32.2. The first-order chi connectivity index (χ1) is 17.5. The van der Waals surface area contributed by atoms with Gasteiger partial charge in [0.1, 0.15) is 6.54 Å². The quantitative estimate of drug-likeness (QED) is 0.409. The topological polar surface area (TPSA) is 116 Å². The number of nitrogens with zero attached hydrogens (tertiary/aromatic N) is 3. The number of hydrogen-bond acceptors (Lipinski definition) is 6.